The summed E-state index contributed by atoms with van der Waals surface area (Å²) >= 11 is 3.39. The van der Waals surface area contributed by atoms with Crippen molar-refractivity contribution in [2.24, 2.45) is 5.73 Å². The molecule has 1 amide bonds. The summed E-state index contributed by atoms with van der Waals surface area (Å²) in [4.78, 5) is 11.3. The fourth-order valence-corrected chi connectivity index (χ4v) is 2.01. The molecule has 0 aliphatic rings. The molecule has 0 aliphatic carbocycles. The molecule has 1 unspecified atom stereocenters. The zero-order valence-corrected chi connectivity index (χ0v) is 11.7. The highest BCUT2D eigenvalue weighted by Crippen LogP contribution is 2.25. The molecule has 0 spiro atoms. The molecule has 0 aliphatic heterocycles. The maximum atomic E-state index is 11.3. The summed E-state index contributed by atoms with van der Waals surface area (Å²) in [6, 6.07) is 5.72. The minimum Gasteiger partial charge on any atom is -0.496 e. The smallest absolute Gasteiger partial charge is 0.250 e. The third-order valence-corrected chi connectivity index (χ3v) is 3.07. The second kappa shape index (κ2) is 7.35. The van der Waals surface area contributed by atoms with Crippen LogP contribution in [0.3, 0.4) is 0 Å². The Kier molecular flexibility index (Phi) is 6.11. The van der Waals surface area contributed by atoms with E-state index < -0.39 is 12.0 Å². The molecule has 0 saturated heterocycles. The molecule has 0 saturated carbocycles. The number of amides is 1. The minimum absolute atomic E-state index is 0.0695. The van der Waals surface area contributed by atoms with Gasteiger partial charge in [-0.2, -0.15) is 0 Å². The number of nitrogens with one attached hydrogen (secondary N) is 1. The Morgan fingerprint density at radius 1 is 1.61 bits per heavy atom. The Morgan fingerprint density at radius 2 is 2.33 bits per heavy atom. The van der Waals surface area contributed by atoms with E-state index in [1.165, 1.54) is 0 Å². The Morgan fingerprint density at radius 3 is 2.89 bits per heavy atom. The van der Waals surface area contributed by atoms with Gasteiger partial charge >= 0.3 is 0 Å². The molecule has 100 valence electrons. The van der Waals surface area contributed by atoms with Crippen LogP contribution in [0, 0.1) is 0 Å². The maximum absolute atomic E-state index is 11.3. The third kappa shape index (κ3) is 4.29. The van der Waals surface area contributed by atoms with Gasteiger partial charge in [-0.05, 0) is 40.0 Å². The summed E-state index contributed by atoms with van der Waals surface area (Å²) in [5.74, 6) is 0.325. The van der Waals surface area contributed by atoms with E-state index in [0.717, 1.165) is 15.8 Å². The summed E-state index contributed by atoms with van der Waals surface area (Å²) in [5.41, 5.74) is 6.24. The number of ether oxygens (including phenoxy) is 1. The van der Waals surface area contributed by atoms with Crippen LogP contribution in [0.5, 0.6) is 5.75 Å². The lowest BCUT2D eigenvalue weighted by Gasteiger charge is -2.10. The van der Waals surface area contributed by atoms with Crippen LogP contribution in [0.25, 0.3) is 0 Å². The molecule has 0 bridgehead atoms. The van der Waals surface area contributed by atoms with Crippen LogP contribution >= 0.6 is 15.9 Å². The Balaban J connectivity index is 2.45. The van der Waals surface area contributed by atoms with Crippen molar-refractivity contribution >= 4 is 21.8 Å². The first-order chi connectivity index (χ1) is 8.58. The summed E-state index contributed by atoms with van der Waals surface area (Å²) in [6.07, 6.45) is -0.460. The lowest BCUT2D eigenvalue weighted by molar-refractivity contribution is -0.128. The molecule has 18 heavy (non-hydrogen) atoms. The first-order valence-electron chi connectivity index (χ1n) is 5.56. The standard InChI is InChI=1S/C12H17BrN2O3/c1-18-11-3-2-8(6-9(11)13)4-5-15-12(17)10(16)7-14/h2-3,6,10,16H,4-5,7,14H2,1H3,(H,15,17). The number of methoxy groups -OCH3 is 1. The van der Waals surface area contributed by atoms with Gasteiger partial charge in [-0.25, -0.2) is 0 Å². The van der Waals surface area contributed by atoms with Crippen LogP contribution in [0.1, 0.15) is 5.56 Å². The first-order valence-corrected chi connectivity index (χ1v) is 6.36. The van der Waals surface area contributed by atoms with Gasteiger partial charge in [-0.1, -0.05) is 6.07 Å². The Labute approximate surface area is 114 Å². The SMILES string of the molecule is COc1ccc(CCNC(=O)C(O)CN)cc1Br. The number of hydrogen-bond acceptors (Lipinski definition) is 4. The van der Waals surface area contributed by atoms with Crippen molar-refractivity contribution in [2.75, 3.05) is 20.2 Å². The van der Waals surface area contributed by atoms with Crippen LogP contribution in [-0.2, 0) is 11.2 Å². The molecule has 6 heteroatoms. The average Bonchev–Trinajstić information content (AvgIpc) is 2.37. The number of benzene rings is 1. The number of hydrogen-bond donors (Lipinski definition) is 3. The number of carbonyl (C=O) groups is 1. The predicted molar refractivity (Wildman–Crippen MR) is 72.5 cm³/mol. The van der Waals surface area contributed by atoms with Crippen molar-refractivity contribution < 1.29 is 14.6 Å². The van der Waals surface area contributed by atoms with E-state index in [1.54, 1.807) is 7.11 Å². The van der Waals surface area contributed by atoms with Gasteiger partial charge in [0.1, 0.15) is 11.9 Å². The monoisotopic (exact) mass is 316 g/mol. The van der Waals surface area contributed by atoms with E-state index in [0.29, 0.717) is 13.0 Å². The number of nitrogens with two attached hydrogens (primary N) is 1. The Hall–Kier alpha value is -1.11. The zero-order valence-electron chi connectivity index (χ0n) is 10.1. The van der Waals surface area contributed by atoms with Crippen LogP contribution in [0.15, 0.2) is 22.7 Å². The highest BCUT2D eigenvalue weighted by molar-refractivity contribution is 9.10. The highest BCUT2D eigenvalue weighted by atomic mass is 79.9. The Bertz CT molecular complexity index is 412. The van der Waals surface area contributed by atoms with Crippen molar-refractivity contribution in [1.82, 2.24) is 5.32 Å². The van der Waals surface area contributed by atoms with Gasteiger partial charge in [0, 0.05) is 13.1 Å². The van der Waals surface area contributed by atoms with Gasteiger partial charge < -0.3 is 20.9 Å². The predicted octanol–water partition coefficient (Wildman–Crippen LogP) is 0.436. The van der Waals surface area contributed by atoms with Gasteiger partial charge in [0.05, 0.1) is 11.6 Å². The first kappa shape index (κ1) is 14.9. The van der Waals surface area contributed by atoms with Crippen molar-refractivity contribution in [1.29, 1.82) is 0 Å². The van der Waals surface area contributed by atoms with E-state index >= 15 is 0 Å². The second-order valence-corrected chi connectivity index (χ2v) is 4.62. The maximum Gasteiger partial charge on any atom is 0.250 e. The molecular formula is C12H17BrN2O3. The molecule has 1 atom stereocenters. The van der Waals surface area contributed by atoms with Gasteiger partial charge in [-0.3, -0.25) is 4.79 Å². The summed E-state index contributed by atoms with van der Waals surface area (Å²) in [7, 11) is 1.61. The van der Waals surface area contributed by atoms with Crippen molar-refractivity contribution in [2.45, 2.75) is 12.5 Å². The second-order valence-electron chi connectivity index (χ2n) is 3.76. The summed E-state index contributed by atoms with van der Waals surface area (Å²) in [5, 5.41) is 11.8. The molecule has 4 N–H and O–H groups in total. The van der Waals surface area contributed by atoms with Crippen LogP contribution < -0.4 is 15.8 Å². The van der Waals surface area contributed by atoms with Crippen LogP contribution in [0.2, 0.25) is 0 Å². The summed E-state index contributed by atoms with van der Waals surface area (Å²) in [6.45, 7) is 0.384. The number of aliphatic hydroxyl groups excluding tert-OH is 1. The number of halogens is 1. The molecule has 1 aromatic carbocycles. The van der Waals surface area contributed by atoms with E-state index in [-0.39, 0.29) is 6.54 Å². The quantitative estimate of drug-likeness (QED) is 0.711. The largest absolute Gasteiger partial charge is 0.496 e. The van der Waals surface area contributed by atoms with Gasteiger partial charge in [0.2, 0.25) is 5.91 Å². The van der Waals surface area contributed by atoms with Crippen LogP contribution in [0.4, 0.5) is 0 Å². The molecule has 1 aromatic rings. The van der Waals surface area contributed by atoms with Gasteiger partial charge in [-0.15, -0.1) is 0 Å². The van der Waals surface area contributed by atoms with E-state index in [4.69, 9.17) is 10.5 Å². The topological polar surface area (TPSA) is 84.6 Å². The number of carbonyl (C=O) groups excluding carboxylic acids is 1. The fourth-order valence-electron chi connectivity index (χ4n) is 1.42. The van der Waals surface area contributed by atoms with Crippen molar-refractivity contribution in [3.05, 3.63) is 28.2 Å². The lowest BCUT2D eigenvalue weighted by atomic mass is 10.1. The van der Waals surface area contributed by atoms with Gasteiger partial charge in [0.15, 0.2) is 0 Å². The summed E-state index contributed by atoms with van der Waals surface area (Å²) < 4.78 is 6.00. The highest BCUT2D eigenvalue weighted by Gasteiger charge is 2.11. The lowest BCUT2D eigenvalue weighted by Crippen LogP contribution is -2.39. The van der Waals surface area contributed by atoms with Crippen LogP contribution in [-0.4, -0.2) is 37.3 Å². The molecule has 5 nitrogen and oxygen atoms in total. The van der Waals surface area contributed by atoms with E-state index in [9.17, 15) is 9.90 Å². The fraction of sp³-hybridized carbons (Fsp3) is 0.417. The van der Waals surface area contributed by atoms with E-state index in [1.807, 2.05) is 18.2 Å². The zero-order chi connectivity index (χ0) is 13.5. The third-order valence-electron chi connectivity index (χ3n) is 2.46. The molecular weight excluding hydrogens is 300 g/mol. The molecule has 0 aromatic heterocycles. The van der Waals surface area contributed by atoms with Gasteiger partial charge in [0.25, 0.3) is 0 Å². The normalized spacial score (nSPS) is 12.0. The number of aliphatic hydroxyl groups is 1. The number of rotatable bonds is 6. The molecule has 1 rings (SSSR count). The minimum atomic E-state index is -1.13. The van der Waals surface area contributed by atoms with E-state index in [2.05, 4.69) is 21.2 Å². The molecule has 0 fully saturated rings. The average molecular weight is 317 g/mol. The van der Waals surface area contributed by atoms with Crippen molar-refractivity contribution in [3.63, 3.8) is 0 Å². The van der Waals surface area contributed by atoms with Crippen molar-refractivity contribution in [3.8, 4) is 5.75 Å². The molecule has 0 heterocycles. The molecule has 0 radical (unpaired) electrons.